The van der Waals surface area contributed by atoms with Gasteiger partial charge in [0.15, 0.2) is 0 Å². The molecule has 0 saturated heterocycles. The van der Waals surface area contributed by atoms with Gasteiger partial charge < -0.3 is 9.15 Å². The number of hydrogen-bond donors (Lipinski definition) is 0. The second-order valence-corrected chi connectivity index (χ2v) is 3.62. The van der Waals surface area contributed by atoms with Gasteiger partial charge in [-0.25, -0.2) is 0 Å². The molecule has 0 bridgehead atoms. The Bertz CT molecular complexity index is 611. The Labute approximate surface area is 104 Å². The van der Waals surface area contributed by atoms with Crippen molar-refractivity contribution in [2.45, 2.75) is 13.5 Å². The number of nitrogens with zero attached hydrogens (tertiary/aromatic N) is 2. The van der Waals surface area contributed by atoms with E-state index in [1.54, 1.807) is 24.4 Å². The molecule has 2 rings (SSSR count). The van der Waals surface area contributed by atoms with Crippen molar-refractivity contribution in [1.82, 2.24) is 4.98 Å². The molecule has 2 aromatic rings. The van der Waals surface area contributed by atoms with Crippen LogP contribution in [0.5, 0.6) is 0 Å². The first-order chi connectivity index (χ1) is 8.69. The predicted molar refractivity (Wildman–Crippen MR) is 62.1 cm³/mol. The van der Waals surface area contributed by atoms with Crippen LogP contribution in [0.15, 0.2) is 35.0 Å². The number of carbonyl (C=O) groups excluding carboxylic acids is 1. The molecule has 0 atom stereocenters. The third kappa shape index (κ3) is 2.74. The Morgan fingerprint density at radius 1 is 1.50 bits per heavy atom. The van der Waals surface area contributed by atoms with Gasteiger partial charge in [-0.1, -0.05) is 0 Å². The summed E-state index contributed by atoms with van der Waals surface area (Å²) in [6, 6.07) is 7.16. The number of rotatable bonds is 3. The Morgan fingerprint density at radius 2 is 2.33 bits per heavy atom. The first kappa shape index (κ1) is 11.9. The van der Waals surface area contributed by atoms with Crippen molar-refractivity contribution in [3.8, 4) is 17.4 Å². The van der Waals surface area contributed by atoms with Gasteiger partial charge in [0, 0.05) is 24.9 Å². The minimum Gasteiger partial charge on any atom is -0.458 e. The summed E-state index contributed by atoms with van der Waals surface area (Å²) in [5.41, 5.74) is 1.17. The highest BCUT2D eigenvalue weighted by atomic mass is 16.5. The lowest BCUT2D eigenvalue weighted by Gasteiger charge is -1.99. The van der Waals surface area contributed by atoms with E-state index >= 15 is 0 Å². The van der Waals surface area contributed by atoms with E-state index < -0.39 is 0 Å². The molecule has 0 unspecified atom stereocenters. The molecule has 0 spiro atoms. The summed E-state index contributed by atoms with van der Waals surface area (Å²) < 4.78 is 10.3. The average Bonchev–Trinajstić information content (AvgIpc) is 2.85. The largest absolute Gasteiger partial charge is 0.458 e. The molecule has 18 heavy (non-hydrogen) atoms. The first-order valence-corrected chi connectivity index (χ1v) is 5.26. The number of hydrogen-bond acceptors (Lipinski definition) is 5. The van der Waals surface area contributed by atoms with Crippen molar-refractivity contribution < 1.29 is 13.9 Å². The lowest BCUT2D eigenvalue weighted by molar-refractivity contribution is -0.142. The Kier molecular flexibility index (Phi) is 3.39. The zero-order valence-corrected chi connectivity index (χ0v) is 9.71. The zero-order chi connectivity index (χ0) is 13.0. The highest BCUT2D eigenvalue weighted by Crippen LogP contribution is 2.22. The molecule has 2 heterocycles. The molecule has 0 aromatic carbocycles. The van der Waals surface area contributed by atoms with Gasteiger partial charge in [-0.05, 0) is 18.2 Å². The van der Waals surface area contributed by atoms with Crippen molar-refractivity contribution in [3.63, 3.8) is 0 Å². The van der Waals surface area contributed by atoms with Gasteiger partial charge in [-0.15, -0.1) is 0 Å². The van der Waals surface area contributed by atoms with Gasteiger partial charge in [-0.2, -0.15) is 5.26 Å². The molecule has 0 aliphatic heterocycles. The molecule has 5 heteroatoms. The summed E-state index contributed by atoms with van der Waals surface area (Å²) in [7, 11) is 0. The van der Waals surface area contributed by atoms with Crippen molar-refractivity contribution >= 4 is 5.97 Å². The fourth-order valence-corrected chi connectivity index (χ4v) is 1.42. The second-order valence-electron chi connectivity index (χ2n) is 3.62. The van der Waals surface area contributed by atoms with Crippen LogP contribution in [0.3, 0.4) is 0 Å². The molecule has 0 aliphatic rings. The molecule has 0 amide bonds. The maximum absolute atomic E-state index is 10.7. The maximum atomic E-state index is 10.7. The highest BCUT2D eigenvalue weighted by molar-refractivity contribution is 5.66. The summed E-state index contributed by atoms with van der Waals surface area (Å²) >= 11 is 0. The molecule has 0 fully saturated rings. The van der Waals surface area contributed by atoms with E-state index in [2.05, 4.69) is 4.98 Å². The van der Waals surface area contributed by atoms with E-state index in [9.17, 15) is 4.79 Å². The summed E-state index contributed by atoms with van der Waals surface area (Å²) in [4.78, 5) is 14.6. The van der Waals surface area contributed by atoms with Crippen LogP contribution in [0.4, 0.5) is 0 Å². The molecule has 90 valence electrons. The summed E-state index contributed by atoms with van der Waals surface area (Å²) in [5, 5.41) is 8.78. The Hall–Kier alpha value is -2.61. The molecule has 0 radical (unpaired) electrons. The van der Waals surface area contributed by atoms with Crippen molar-refractivity contribution in [3.05, 3.63) is 41.9 Å². The van der Waals surface area contributed by atoms with Crippen LogP contribution in [0, 0.1) is 11.3 Å². The minimum atomic E-state index is -0.360. The number of ether oxygens (including phenoxy) is 1. The van der Waals surface area contributed by atoms with Gasteiger partial charge in [0.2, 0.25) is 0 Å². The second kappa shape index (κ2) is 5.15. The molecule has 0 saturated carbocycles. The third-order valence-electron chi connectivity index (χ3n) is 2.23. The standard InChI is InChI=1S/C13H10N2O3/c1-9(16)17-8-12-2-3-13(18-12)11-4-10(5-14)6-15-7-11/h2-4,6-7H,8H2,1H3. The summed E-state index contributed by atoms with van der Waals surface area (Å²) in [6.07, 6.45) is 3.08. The smallest absolute Gasteiger partial charge is 0.303 e. The fourth-order valence-electron chi connectivity index (χ4n) is 1.42. The number of carbonyl (C=O) groups is 1. The third-order valence-corrected chi connectivity index (χ3v) is 2.23. The van der Waals surface area contributed by atoms with Gasteiger partial charge in [0.05, 0.1) is 5.56 Å². The van der Waals surface area contributed by atoms with Crippen molar-refractivity contribution in [2.24, 2.45) is 0 Å². The number of aromatic nitrogens is 1. The molecule has 2 aromatic heterocycles. The van der Waals surface area contributed by atoms with Crippen LogP contribution in [0.2, 0.25) is 0 Å². The number of pyridine rings is 1. The Balaban J connectivity index is 2.19. The molecular weight excluding hydrogens is 232 g/mol. The van der Waals surface area contributed by atoms with Gasteiger partial charge in [0.25, 0.3) is 0 Å². The van der Waals surface area contributed by atoms with Crippen LogP contribution in [-0.2, 0) is 16.1 Å². The highest BCUT2D eigenvalue weighted by Gasteiger charge is 2.07. The normalized spacial score (nSPS) is 9.78. The number of esters is 1. The van der Waals surface area contributed by atoms with Crippen molar-refractivity contribution in [2.75, 3.05) is 0 Å². The van der Waals surface area contributed by atoms with E-state index in [0.29, 0.717) is 22.6 Å². The van der Waals surface area contributed by atoms with E-state index in [4.69, 9.17) is 14.4 Å². The maximum Gasteiger partial charge on any atom is 0.303 e. The minimum absolute atomic E-state index is 0.0979. The first-order valence-electron chi connectivity index (χ1n) is 5.26. The van der Waals surface area contributed by atoms with Gasteiger partial charge in [-0.3, -0.25) is 9.78 Å². The summed E-state index contributed by atoms with van der Waals surface area (Å²) in [6.45, 7) is 1.44. The molecule has 0 N–H and O–H groups in total. The van der Waals surface area contributed by atoms with Gasteiger partial charge in [0.1, 0.15) is 24.2 Å². The lowest BCUT2D eigenvalue weighted by Crippen LogP contribution is -1.97. The zero-order valence-electron chi connectivity index (χ0n) is 9.71. The quantitative estimate of drug-likeness (QED) is 0.771. The SMILES string of the molecule is CC(=O)OCc1ccc(-c2cncc(C#N)c2)o1. The van der Waals surface area contributed by atoms with Crippen LogP contribution in [-0.4, -0.2) is 11.0 Å². The molecule has 5 nitrogen and oxygen atoms in total. The lowest BCUT2D eigenvalue weighted by atomic mass is 10.2. The molecule has 0 aliphatic carbocycles. The van der Waals surface area contributed by atoms with E-state index in [-0.39, 0.29) is 12.6 Å². The Morgan fingerprint density at radius 3 is 3.06 bits per heavy atom. The van der Waals surface area contributed by atoms with E-state index in [1.165, 1.54) is 13.1 Å². The van der Waals surface area contributed by atoms with E-state index in [0.717, 1.165) is 0 Å². The monoisotopic (exact) mass is 242 g/mol. The van der Waals surface area contributed by atoms with Crippen LogP contribution in [0.1, 0.15) is 18.2 Å². The average molecular weight is 242 g/mol. The fraction of sp³-hybridized carbons (Fsp3) is 0.154. The van der Waals surface area contributed by atoms with Crippen LogP contribution >= 0.6 is 0 Å². The number of nitriles is 1. The van der Waals surface area contributed by atoms with Crippen LogP contribution < -0.4 is 0 Å². The number of furan rings is 1. The van der Waals surface area contributed by atoms with Crippen molar-refractivity contribution in [1.29, 1.82) is 5.26 Å². The van der Waals surface area contributed by atoms with Crippen LogP contribution in [0.25, 0.3) is 11.3 Å². The van der Waals surface area contributed by atoms with E-state index in [1.807, 2.05) is 6.07 Å². The predicted octanol–water partition coefficient (Wildman–Crippen LogP) is 2.28. The molecular formula is C13H10N2O3. The van der Waals surface area contributed by atoms with Gasteiger partial charge >= 0.3 is 5.97 Å². The summed E-state index contributed by atoms with van der Waals surface area (Å²) in [5.74, 6) is 0.769. The topological polar surface area (TPSA) is 76.1 Å².